The van der Waals surface area contributed by atoms with Crippen LogP contribution in [0.2, 0.25) is 0 Å². The van der Waals surface area contributed by atoms with E-state index in [-0.39, 0.29) is 0 Å². The summed E-state index contributed by atoms with van der Waals surface area (Å²) in [6.07, 6.45) is 0. The van der Waals surface area contributed by atoms with Gasteiger partial charge < -0.3 is 9.32 Å². The molecule has 0 unspecified atom stereocenters. The van der Waals surface area contributed by atoms with Gasteiger partial charge in [-0.2, -0.15) is 0 Å². The lowest BCUT2D eigenvalue weighted by Gasteiger charge is -2.28. The first kappa shape index (κ1) is 31.6. The van der Waals surface area contributed by atoms with Crippen LogP contribution in [0.25, 0.3) is 77.2 Å². The van der Waals surface area contributed by atoms with Gasteiger partial charge in [0.2, 0.25) is 0 Å². The summed E-state index contributed by atoms with van der Waals surface area (Å²) < 4.78 is 6.71. The Hall–Kier alpha value is -7.16. The maximum absolute atomic E-state index is 6.71. The fraction of sp³-hybridized carbons (Fsp3) is 0. The van der Waals surface area contributed by atoms with E-state index in [1.54, 1.807) is 0 Å². The van der Waals surface area contributed by atoms with Crippen molar-refractivity contribution in [3.05, 3.63) is 212 Å². The van der Waals surface area contributed by atoms with Crippen LogP contribution in [-0.2, 0) is 0 Å². The van der Waals surface area contributed by atoms with E-state index in [9.17, 15) is 0 Å². The highest BCUT2D eigenvalue weighted by atomic mass is 16.3. The second-order valence-electron chi connectivity index (χ2n) is 13.7. The molecule has 0 saturated heterocycles. The number of fused-ring (bicyclic) bond motifs is 4. The first-order valence-electron chi connectivity index (χ1n) is 18.4. The molecule has 0 aliphatic carbocycles. The van der Waals surface area contributed by atoms with E-state index in [0.717, 1.165) is 61.6 Å². The molecule has 254 valence electrons. The predicted molar refractivity (Wildman–Crippen MR) is 228 cm³/mol. The average Bonchev–Trinajstić information content (AvgIpc) is 3.65. The van der Waals surface area contributed by atoms with Crippen LogP contribution in [-0.4, -0.2) is 0 Å². The summed E-state index contributed by atoms with van der Waals surface area (Å²) in [6.45, 7) is 0. The summed E-state index contributed by atoms with van der Waals surface area (Å²) in [5.41, 5.74) is 12.0. The van der Waals surface area contributed by atoms with Gasteiger partial charge in [0.15, 0.2) is 0 Å². The van der Waals surface area contributed by atoms with Crippen molar-refractivity contribution in [3.8, 4) is 44.7 Å². The fourth-order valence-corrected chi connectivity index (χ4v) is 7.88. The number of anilines is 3. The molecule has 0 N–H and O–H groups in total. The Morgan fingerprint density at radius 3 is 1.76 bits per heavy atom. The van der Waals surface area contributed by atoms with Crippen LogP contribution in [0.15, 0.2) is 217 Å². The van der Waals surface area contributed by atoms with Gasteiger partial charge in [-0.05, 0) is 80.2 Å². The van der Waals surface area contributed by atoms with Crippen LogP contribution in [0.3, 0.4) is 0 Å². The molecule has 0 aliphatic rings. The van der Waals surface area contributed by atoms with Crippen molar-refractivity contribution in [2.45, 2.75) is 0 Å². The fourth-order valence-electron chi connectivity index (χ4n) is 7.88. The Bertz CT molecular complexity index is 2920. The van der Waals surface area contributed by atoms with Crippen LogP contribution >= 0.6 is 0 Å². The first-order chi connectivity index (χ1) is 26.8. The highest BCUT2D eigenvalue weighted by molar-refractivity contribution is 6.09. The number of nitrogens with zero attached hydrogens (tertiary/aromatic N) is 1. The van der Waals surface area contributed by atoms with Crippen LogP contribution < -0.4 is 4.90 Å². The van der Waals surface area contributed by atoms with Crippen molar-refractivity contribution < 1.29 is 4.42 Å². The lowest BCUT2D eigenvalue weighted by atomic mass is 9.97. The van der Waals surface area contributed by atoms with Crippen LogP contribution in [0.5, 0.6) is 0 Å². The smallest absolute Gasteiger partial charge is 0.143 e. The topological polar surface area (TPSA) is 16.4 Å². The summed E-state index contributed by atoms with van der Waals surface area (Å²) in [4.78, 5) is 2.39. The monoisotopic (exact) mass is 689 g/mol. The number of rotatable bonds is 7. The molecule has 10 rings (SSSR count). The van der Waals surface area contributed by atoms with Crippen molar-refractivity contribution in [2.24, 2.45) is 0 Å². The Labute approximate surface area is 314 Å². The Morgan fingerprint density at radius 2 is 0.926 bits per heavy atom. The lowest BCUT2D eigenvalue weighted by Crippen LogP contribution is -2.11. The van der Waals surface area contributed by atoms with Crippen molar-refractivity contribution in [2.75, 3.05) is 4.90 Å². The summed E-state index contributed by atoms with van der Waals surface area (Å²) in [6, 6.07) is 75.8. The SMILES string of the molecule is c1ccc(-c2ccc(-c3ccccc3N(c3cccc(-c4oc5ccccc5c4-c4ccccc4)c3)c3ccc4c(ccc5ccccc54)c3)cc2)cc1. The van der Waals surface area contributed by atoms with Crippen molar-refractivity contribution >= 4 is 49.6 Å². The van der Waals surface area contributed by atoms with Crippen LogP contribution in [0, 0.1) is 0 Å². The second-order valence-corrected chi connectivity index (χ2v) is 13.7. The zero-order valence-corrected chi connectivity index (χ0v) is 29.6. The Kier molecular flexibility index (Phi) is 7.85. The molecule has 0 amide bonds. The molecular weight excluding hydrogens is 655 g/mol. The summed E-state index contributed by atoms with van der Waals surface area (Å²) in [7, 11) is 0. The van der Waals surface area contributed by atoms with Crippen molar-refractivity contribution in [3.63, 3.8) is 0 Å². The first-order valence-corrected chi connectivity index (χ1v) is 18.4. The summed E-state index contributed by atoms with van der Waals surface area (Å²) >= 11 is 0. The third-order valence-corrected chi connectivity index (χ3v) is 10.5. The van der Waals surface area contributed by atoms with E-state index in [0.29, 0.717) is 0 Å². The molecule has 0 fully saturated rings. The zero-order chi connectivity index (χ0) is 35.8. The van der Waals surface area contributed by atoms with Gasteiger partial charge >= 0.3 is 0 Å². The standard InChI is InChI=1S/C52H35NO/c1-3-14-36(15-4-1)37-26-28-39(29-27-37)47-22-9-11-24-49(47)53(44-32-33-46-41(34-44)31-30-38-16-7-8-21-45(38)46)43-20-13-19-42(35-43)52-51(40-17-5-2-6-18-40)48-23-10-12-25-50(48)54-52/h1-35H. The van der Waals surface area contributed by atoms with E-state index < -0.39 is 0 Å². The van der Waals surface area contributed by atoms with Gasteiger partial charge in [0.1, 0.15) is 11.3 Å². The van der Waals surface area contributed by atoms with Gasteiger partial charge in [-0.25, -0.2) is 0 Å². The minimum absolute atomic E-state index is 0.860. The Balaban J connectivity index is 1.17. The highest BCUT2D eigenvalue weighted by Gasteiger charge is 2.22. The Morgan fingerprint density at radius 1 is 0.333 bits per heavy atom. The van der Waals surface area contributed by atoms with Crippen molar-refractivity contribution in [1.29, 1.82) is 0 Å². The number of hydrogen-bond acceptors (Lipinski definition) is 2. The van der Waals surface area contributed by atoms with E-state index in [2.05, 4.69) is 211 Å². The molecule has 9 aromatic carbocycles. The molecule has 0 aliphatic heterocycles. The molecule has 1 heterocycles. The van der Waals surface area contributed by atoms with Crippen LogP contribution in [0.1, 0.15) is 0 Å². The lowest BCUT2D eigenvalue weighted by molar-refractivity contribution is 0.632. The highest BCUT2D eigenvalue weighted by Crippen LogP contribution is 2.46. The third kappa shape index (κ3) is 5.62. The summed E-state index contributed by atoms with van der Waals surface area (Å²) in [5, 5.41) is 6.04. The largest absolute Gasteiger partial charge is 0.455 e. The number of benzene rings is 9. The maximum Gasteiger partial charge on any atom is 0.143 e. The molecule has 0 saturated carbocycles. The number of furan rings is 1. The molecular formula is C52H35NO. The second kappa shape index (κ2) is 13.4. The van der Waals surface area contributed by atoms with E-state index in [1.807, 2.05) is 6.07 Å². The minimum atomic E-state index is 0.860. The molecule has 2 heteroatoms. The normalized spacial score (nSPS) is 11.3. The zero-order valence-electron chi connectivity index (χ0n) is 29.6. The third-order valence-electron chi connectivity index (χ3n) is 10.5. The maximum atomic E-state index is 6.71. The molecule has 1 aromatic heterocycles. The van der Waals surface area contributed by atoms with Gasteiger partial charge in [0, 0.05) is 33.5 Å². The van der Waals surface area contributed by atoms with E-state index in [1.165, 1.54) is 32.7 Å². The number of hydrogen-bond donors (Lipinski definition) is 0. The van der Waals surface area contributed by atoms with Crippen molar-refractivity contribution in [1.82, 2.24) is 0 Å². The minimum Gasteiger partial charge on any atom is -0.455 e. The number of para-hydroxylation sites is 2. The van der Waals surface area contributed by atoms with Gasteiger partial charge in [-0.1, -0.05) is 176 Å². The molecule has 0 atom stereocenters. The molecule has 0 spiro atoms. The van der Waals surface area contributed by atoms with Gasteiger partial charge in [0.05, 0.1) is 5.69 Å². The van der Waals surface area contributed by atoms with Gasteiger partial charge in [-0.15, -0.1) is 0 Å². The van der Waals surface area contributed by atoms with Gasteiger partial charge in [-0.3, -0.25) is 0 Å². The molecule has 10 aromatic rings. The van der Waals surface area contributed by atoms with Crippen LogP contribution in [0.4, 0.5) is 17.1 Å². The molecule has 0 bridgehead atoms. The summed E-state index contributed by atoms with van der Waals surface area (Å²) in [5.74, 6) is 0.860. The molecule has 0 radical (unpaired) electrons. The predicted octanol–water partition coefficient (Wildman–Crippen LogP) is 14.9. The van der Waals surface area contributed by atoms with E-state index in [4.69, 9.17) is 4.42 Å². The van der Waals surface area contributed by atoms with Gasteiger partial charge in [0.25, 0.3) is 0 Å². The molecule has 2 nitrogen and oxygen atoms in total. The quantitative estimate of drug-likeness (QED) is 0.155. The van der Waals surface area contributed by atoms with E-state index >= 15 is 0 Å². The average molecular weight is 690 g/mol. The molecule has 54 heavy (non-hydrogen) atoms.